The van der Waals surface area contributed by atoms with E-state index in [9.17, 15) is 0 Å². The average Bonchev–Trinajstić information content (AvgIpc) is 1.64. The van der Waals surface area contributed by atoms with Crippen molar-refractivity contribution in [2.45, 2.75) is 26.8 Å². The molecule has 0 heterocycles. The zero-order valence-electron chi connectivity index (χ0n) is 5.93. The SMILES string of the molecule is CC(=S)N(C)C(C)C. The van der Waals surface area contributed by atoms with E-state index in [4.69, 9.17) is 12.2 Å². The molecule has 8 heavy (non-hydrogen) atoms. The Morgan fingerprint density at radius 3 is 1.88 bits per heavy atom. The molecule has 0 spiro atoms. The molecular formula is C6H13NS. The summed E-state index contributed by atoms with van der Waals surface area (Å²) in [6.45, 7) is 6.18. The Labute approximate surface area is 56.7 Å². The lowest BCUT2D eigenvalue weighted by molar-refractivity contribution is 0.422. The Morgan fingerprint density at radius 1 is 1.50 bits per heavy atom. The Morgan fingerprint density at radius 2 is 1.88 bits per heavy atom. The van der Waals surface area contributed by atoms with Gasteiger partial charge in [0.05, 0.1) is 4.99 Å². The van der Waals surface area contributed by atoms with Crippen LogP contribution in [0.2, 0.25) is 0 Å². The number of hydrogen-bond donors (Lipinski definition) is 0. The molecule has 1 nitrogen and oxygen atoms in total. The summed E-state index contributed by atoms with van der Waals surface area (Å²) in [6, 6.07) is 0.535. The largest absolute Gasteiger partial charge is 0.367 e. The highest BCUT2D eigenvalue weighted by molar-refractivity contribution is 7.80. The van der Waals surface area contributed by atoms with Crippen molar-refractivity contribution in [2.75, 3.05) is 7.05 Å². The van der Waals surface area contributed by atoms with Gasteiger partial charge >= 0.3 is 0 Å². The monoisotopic (exact) mass is 131 g/mol. The second-order valence-corrected chi connectivity index (χ2v) is 2.81. The molecule has 48 valence electrons. The van der Waals surface area contributed by atoms with Crippen LogP contribution in [0.1, 0.15) is 20.8 Å². The zero-order valence-corrected chi connectivity index (χ0v) is 6.75. The first-order chi connectivity index (χ1) is 3.55. The number of thiocarbonyl (C=S) groups is 1. The molecule has 0 aromatic heterocycles. The maximum Gasteiger partial charge on any atom is 0.0747 e. The van der Waals surface area contributed by atoms with E-state index < -0.39 is 0 Å². The van der Waals surface area contributed by atoms with Gasteiger partial charge in [0.2, 0.25) is 0 Å². The second-order valence-electron chi connectivity index (χ2n) is 2.22. The van der Waals surface area contributed by atoms with Gasteiger partial charge in [-0.25, -0.2) is 0 Å². The minimum Gasteiger partial charge on any atom is -0.367 e. The molecule has 0 aromatic carbocycles. The predicted octanol–water partition coefficient (Wildman–Crippen LogP) is 1.67. The Hall–Kier alpha value is -0.110. The number of nitrogens with zero attached hydrogens (tertiary/aromatic N) is 1. The van der Waals surface area contributed by atoms with Crippen LogP contribution >= 0.6 is 12.2 Å². The Kier molecular flexibility index (Phi) is 2.98. The van der Waals surface area contributed by atoms with Crippen LogP contribution in [0.3, 0.4) is 0 Å². The van der Waals surface area contributed by atoms with E-state index in [1.165, 1.54) is 0 Å². The van der Waals surface area contributed by atoms with Crippen molar-refractivity contribution < 1.29 is 0 Å². The van der Waals surface area contributed by atoms with E-state index in [-0.39, 0.29) is 0 Å². The third kappa shape index (κ3) is 2.26. The maximum atomic E-state index is 4.92. The summed E-state index contributed by atoms with van der Waals surface area (Å²) in [5.74, 6) is 0. The molecule has 0 bridgehead atoms. The molecule has 0 amide bonds. The van der Waals surface area contributed by atoms with Gasteiger partial charge in [0.25, 0.3) is 0 Å². The molecule has 0 aliphatic rings. The van der Waals surface area contributed by atoms with Crippen molar-refractivity contribution in [3.8, 4) is 0 Å². The van der Waals surface area contributed by atoms with Gasteiger partial charge in [-0.2, -0.15) is 0 Å². The molecule has 0 radical (unpaired) electrons. The number of rotatable bonds is 1. The van der Waals surface area contributed by atoms with Crippen molar-refractivity contribution in [1.29, 1.82) is 0 Å². The van der Waals surface area contributed by atoms with E-state index >= 15 is 0 Å². The first-order valence-corrected chi connectivity index (χ1v) is 3.20. The van der Waals surface area contributed by atoms with Crippen molar-refractivity contribution >= 4 is 17.2 Å². The molecule has 2 heteroatoms. The molecule has 0 saturated heterocycles. The molecule has 0 aromatic rings. The van der Waals surface area contributed by atoms with Crippen LogP contribution in [0.25, 0.3) is 0 Å². The molecule has 0 aliphatic carbocycles. The van der Waals surface area contributed by atoms with Gasteiger partial charge < -0.3 is 4.90 Å². The average molecular weight is 131 g/mol. The highest BCUT2D eigenvalue weighted by atomic mass is 32.1. The fourth-order valence-corrected chi connectivity index (χ4v) is 0.574. The third-order valence-electron chi connectivity index (χ3n) is 1.27. The summed E-state index contributed by atoms with van der Waals surface area (Å²) in [5, 5.41) is 0. The van der Waals surface area contributed by atoms with Crippen molar-refractivity contribution in [1.82, 2.24) is 4.90 Å². The van der Waals surface area contributed by atoms with Crippen LogP contribution in [-0.2, 0) is 0 Å². The lowest BCUT2D eigenvalue weighted by Gasteiger charge is -2.21. The van der Waals surface area contributed by atoms with Gasteiger partial charge in [-0.3, -0.25) is 0 Å². The fourth-order valence-electron chi connectivity index (χ4n) is 0.364. The molecule has 0 N–H and O–H groups in total. The quantitative estimate of drug-likeness (QED) is 0.498. The summed E-state index contributed by atoms with van der Waals surface area (Å²) in [7, 11) is 2.01. The Bertz CT molecular complexity index is 88.5. The van der Waals surface area contributed by atoms with Gasteiger partial charge in [-0.05, 0) is 20.8 Å². The van der Waals surface area contributed by atoms with Crippen molar-refractivity contribution in [2.24, 2.45) is 0 Å². The van der Waals surface area contributed by atoms with Gasteiger partial charge in [-0.15, -0.1) is 0 Å². The second kappa shape index (κ2) is 3.02. The highest BCUT2D eigenvalue weighted by Crippen LogP contribution is 1.93. The lowest BCUT2D eigenvalue weighted by atomic mass is 10.3. The minimum atomic E-state index is 0.535. The smallest absolute Gasteiger partial charge is 0.0747 e. The van der Waals surface area contributed by atoms with Crippen molar-refractivity contribution in [3.63, 3.8) is 0 Å². The first kappa shape index (κ1) is 7.89. The van der Waals surface area contributed by atoms with E-state index in [0.717, 1.165) is 4.99 Å². The molecular weight excluding hydrogens is 118 g/mol. The molecule has 0 rings (SSSR count). The van der Waals surface area contributed by atoms with E-state index in [1.807, 2.05) is 14.0 Å². The van der Waals surface area contributed by atoms with E-state index in [0.29, 0.717) is 6.04 Å². The molecule has 0 saturated carbocycles. The van der Waals surface area contributed by atoms with Crippen LogP contribution in [0.15, 0.2) is 0 Å². The summed E-state index contributed by atoms with van der Waals surface area (Å²) in [5.41, 5.74) is 0. The normalized spacial score (nSPS) is 9.62. The minimum absolute atomic E-state index is 0.535. The fraction of sp³-hybridized carbons (Fsp3) is 0.833. The van der Waals surface area contributed by atoms with Crippen molar-refractivity contribution in [3.05, 3.63) is 0 Å². The van der Waals surface area contributed by atoms with Crippen LogP contribution in [0.4, 0.5) is 0 Å². The third-order valence-corrected chi connectivity index (χ3v) is 1.56. The number of hydrogen-bond acceptors (Lipinski definition) is 1. The maximum absolute atomic E-state index is 4.92. The topological polar surface area (TPSA) is 3.24 Å². The van der Waals surface area contributed by atoms with E-state index in [2.05, 4.69) is 18.7 Å². The van der Waals surface area contributed by atoms with Gasteiger partial charge in [0, 0.05) is 13.1 Å². The molecule has 0 fully saturated rings. The van der Waals surface area contributed by atoms with Crippen LogP contribution < -0.4 is 0 Å². The summed E-state index contributed by atoms with van der Waals surface area (Å²) in [4.78, 5) is 3.02. The summed E-state index contributed by atoms with van der Waals surface area (Å²) < 4.78 is 0. The van der Waals surface area contributed by atoms with Gasteiger partial charge in [0.15, 0.2) is 0 Å². The molecule has 0 aliphatic heterocycles. The lowest BCUT2D eigenvalue weighted by Crippen LogP contribution is -2.29. The highest BCUT2D eigenvalue weighted by Gasteiger charge is 2.00. The van der Waals surface area contributed by atoms with Gasteiger partial charge in [-0.1, -0.05) is 12.2 Å². The summed E-state index contributed by atoms with van der Waals surface area (Å²) >= 11 is 4.92. The predicted molar refractivity (Wildman–Crippen MR) is 41.2 cm³/mol. The van der Waals surface area contributed by atoms with Crippen LogP contribution in [0.5, 0.6) is 0 Å². The summed E-state index contributed by atoms with van der Waals surface area (Å²) in [6.07, 6.45) is 0. The van der Waals surface area contributed by atoms with Crippen LogP contribution in [0, 0.1) is 0 Å². The first-order valence-electron chi connectivity index (χ1n) is 2.79. The standard InChI is InChI=1S/C6H13NS/c1-5(2)7(4)6(3)8/h5H,1-4H3. The van der Waals surface area contributed by atoms with Crippen LogP contribution in [-0.4, -0.2) is 23.0 Å². The zero-order chi connectivity index (χ0) is 6.73. The van der Waals surface area contributed by atoms with Gasteiger partial charge in [0.1, 0.15) is 0 Å². The van der Waals surface area contributed by atoms with E-state index in [1.54, 1.807) is 0 Å². The molecule has 0 atom stereocenters. The Balaban J connectivity index is 3.64. The molecule has 0 unspecified atom stereocenters.